The molecule has 0 aliphatic carbocycles. The third-order valence-electron chi connectivity index (χ3n) is 2.32. The summed E-state index contributed by atoms with van der Waals surface area (Å²) in [6.45, 7) is 2.39. The Morgan fingerprint density at radius 1 is 1.80 bits per heavy atom. The molecule has 1 aromatic heterocycles. The van der Waals surface area contributed by atoms with Crippen LogP contribution in [0.25, 0.3) is 0 Å². The van der Waals surface area contributed by atoms with Crippen molar-refractivity contribution in [2.45, 2.75) is 25.9 Å². The Morgan fingerprint density at radius 2 is 2.47 bits per heavy atom. The zero-order valence-electron chi connectivity index (χ0n) is 8.70. The maximum absolute atomic E-state index is 10.7. The van der Waals surface area contributed by atoms with Crippen molar-refractivity contribution in [3.8, 4) is 0 Å². The molecule has 1 aromatic rings. The minimum atomic E-state index is -0.853. The molecule has 2 N–H and O–H groups in total. The fourth-order valence-corrected chi connectivity index (χ4v) is 1.43. The zero-order valence-corrected chi connectivity index (χ0v) is 9.45. The number of halogens is 1. The molecule has 0 saturated heterocycles. The molecular weight excluding hydrogens is 218 g/mol. The Balaban J connectivity index is 2.56. The largest absolute Gasteiger partial charge is 0.480 e. The number of aromatic nitrogens is 2. The summed E-state index contributed by atoms with van der Waals surface area (Å²) in [5, 5.41) is 16.2. The van der Waals surface area contributed by atoms with Gasteiger partial charge in [0.2, 0.25) is 0 Å². The van der Waals surface area contributed by atoms with Gasteiger partial charge in [-0.15, -0.1) is 0 Å². The van der Waals surface area contributed by atoms with E-state index in [4.69, 9.17) is 16.7 Å². The summed E-state index contributed by atoms with van der Waals surface area (Å²) >= 11 is 5.83. The average Bonchev–Trinajstić information content (AvgIpc) is 2.49. The second-order valence-electron chi connectivity index (χ2n) is 3.27. The van der Waals surface area contributed by atoms with Gasteiger partial charge in [-0.3, -0.25) is 9.48 Å². The number of hydrogen-bond donors (Lipinski definition) is 2. The molecule has 0 amide bonds. The van der Waals surface area contributed by atoms with Crippen LogP contribution in [0.5, 0.6) is 0 Å². The van der Waals surface area contributed by atoms with Gasteiger partial charge in [-0.25, -0.2) is 0 Å². The summed E-state index contributed by atoms with van der Waals surface area (Å²) in [5.74, 6) is -0.853. The lowest BCUT2D eigenvalue weighted by molar-refractivity contribution is -0.139. The first-order valence-electron chi connectivity index (χ1n) is 4.64. The second-order valence-corrected chi connectivity index (χ2v) is 3.68. The van der Waals surface area contributed by atoms with Crippen LogP contribution >= 0.6 is 11.6 Å². The molecule has 1 rings (SSSR count). The minimum absolute atomic E-state index is 0.477. The van der Waals surface area contributed by atoms with Crippen molar-refractivity contribution in [3.63, 3.8) is 0 Å². The third-order valence-corrected chi connectivity index (χ3v) is 2.69. The van der Waals surface area contributed by atoms with E-state index in [-0.39, 0.29) is 0 Å². The molecule has 1 atom stereocenters. The van der Waals surface area contributed by atoms with E-state index in [0.29, 0.717) is 18.0 Å². The number of aryl methyl sites for hydroxylation is 1. The number of nitrogens with zero attached hydrogens (tertiary/aromatic N) is 2. The first-order chi connectivity index (χ1) is 7.06. The molecule has 0 aromatic carbocycles. The van der Waals surface area contributed by atoms with Gasteiger partial charge in [0.25, 0.3) is 0 Å². The van der Waals surface area contributed by atoms with Crippen molar-refractivity contribution in [1.29, 1.82) is 0 Å². The molecule has 0 aliphatic rings. The molecular formula is C9H14ClN3O2. The predicted octanol–water partition coefficient (Wildman–Crippen LogP) is 0.908. The van der Waals surface area contributed by atoms with Crippen molar-refractivity contribution < 1.29 is 9.90 Å². The fourth-order valence-electron chi connectivity index (χ4n) is 1.29. The molecule has 0 fully saturated rings. The predicted molar refractivity (Wildman–Crippen MR) is 57.1 cm³/mol. The second kappa shape index (κ2) is 5.14. The van der Waals surface area contributed by atoms with Gasteiger partial charge < -0.3 is 10.4 Å². The Labute approximate surface area is 93.0 Å². The molecule has 0 spiro atoms. The van der Waals surface area contributed by atoms with Gasteiger partial charge in [-0.05, 0) is 20.4 Å². The Morgan fingerprint density at radius 3 is 2.87 bits per heavy atom. The Bertz CT molecular complexity index is 351. The molecule has 0 bridgehead atoms. The summed E-state index contributed by atoms with van der Waals surface area (Å²) in [6.07, 6.45) is 2.04. The van der Waals surface area contributed by atoms with Crippen LogP contribution in [0.2, 0.25) is 5.02 Å². The van der Waals surface area contributed by atoms with Crippen LogP contribution in [-0.4, -0.2) is 33.9 Å². The van der Waals surface area contributed by atoms with E-state index in [0.717, 1.165) is 5.69 Å². The normalized spacial score (nSPS) is 12.7. The van der Waals surface area contributed by atoms with Crippen LogP contribution in [0, 0.1) is 6.92 Å². The standard InChI is InChI=1S/C9H14ClN3O2/c1-6-7(10)5-12-13(6)4-3-8(11-2)9(14)15/h5,8,11H,3-4H2,1-2H3,(H,14,15). The van der Waals surface area contributed by atoms with E-state index >= 15 is 0 Å². The summed E-state index contributed by atoms with van der Waals surface area (Å²) < 4.78 is 1.70. The van der Waals surface area contributed by atoms with Gasteiger partial charge in [0.05, 0.1) is 16.9 Å². The van der Waals surface area contributed by atoms with Crippen LogP contribution < -0.4 is 5.32 Å². The summed E-state index contributed by atoms with van der Waals surface area (Å²) in [4.78, 5) is 10.7. The first kappa shape index (κ1) is 12.0. The molecule has 1 unspecified atom stereocenters. The summed E-state index contributed by atoms with van der Waals surface area (Å²) in [7, 11) is 1.63. The molecule has 1 heterocycles. The minimum Gasteiger partial charge on any atom is -0.480 e. The topological polar surface area (TPSA) is 67.2 Å². The summed E-state index contributed by atoms with van der Waals surface area (Å²) in [5.41, 5.74) is 0.858. The van der Waals surface area contributed by atoms with Crippen LogP contribution in [-0.2, 0) is 11.3 Å². The van der Waals surface area contributed by atoms with Crippen LogP contribution in [0.3, 0.4) is 0 Å². The van der Waals surface area contributed by atoms with Crippen LogP contribution in [0.1, 0.15) is 12.1 Å². The maximum Gasteiger partial charge on any atom is 0.320 e. The quantitative estimate of drug-likeness (QED) is 0.791. The molecule has 6 heteroatoms. The van der Waals surface area contributed by atoms with Gasteiger partial charge in [-0.2, -0.15) is 5.10 Å². The molecule has 15 heavy (non-hydrogen) atoms. The monoisotopic (exact) mass is 231 g/mol. The van der Waals surface area contributed by atoms with E-state index in [1.807, 2.05) is 6.92 Å². The SMILES string of the molecule is CNC(CCn1ncc(Cl)c1C)C(=O)O. The number of nitrogens with one attached hydrogen (secondary N) is 1. The highest BCUT2D eigenvalue weighted by Crippen LogP contribution is 2.13. The van der Waals surface area contributed by atoms with Gasteiger partial charge in [0, 0.05) is 6.54 Å². The number of carboxylic acid groups (broad SMARTS) is 1. The zero-order chi connectivity index (χ0) is 11.4. The Kier molecular flexibility index (Phi) is 4.11. The highest BCUT2D eigenvalue weighted by atomic mass is 35.5. The molecule has 84 valence electrons. The van der Waals surface area contributed by atoms with Gasteiger partial charge in [0.15, 0.2) is 0 Å². The smallest absolute Gasteiger partial charge is 0.320 e. The van der Waals surface area contributed by atoms with Crippen molar-refractivity contribution in [3.05, 3.63) is 16.9 Å². The summed E-state index contributed by atoms with van der Waals surface area (Å²) in [6, 6.07) is -0.549. The number of aliphatic carboxylic acids is 1. The van der Waals surface area contributed by atoms with Crippen molar-refractivity contribution in [1.82, 2.24) is 15.1 Å². The van der Waals surface area contributed by atoms with E-state index in [9.17, 15) is 4.79 Å². The number of rotatable bonds is 5. The van der Waals surface area contributed by atoms with Crippen molar-refractivity contribution in [2.24, 2.45) is 0 Å². The number of hydrogen-bond acceptors (Lipinski definition) is 3. The van der Waals surface area contributed by atoms with E-state index in [1.165, 1.54) is 0 Å². The van der Waals surface area contributed by atoms with Gasteiger partial charge in [0.1, 0.15) is 6.04 Å². The molecule has 0 saturated carbocycles. The Hall–Kier alpha value is -1.07. The van der Waals surface area contributed by atoms with E-state index in [1.54, 1.807) is 17.9 Å². The van der Waals surface area contributed by atoms with Crippen LogP contribution in [0.15, 0.2) is 6.20 Å². The number of likely N-dealkylation sites (N-methyl/N-ethyl adjacent to an activating group) is 1. The highest BCUT2D eigenvalue weighted by molar-refractivity contribution is 6.31. The lowest BCUT2D eigenvalue weighted by Crippen LogP contribution is -2.34. The average molecular weight is 232 g/mol. The number of carboxylic acids is 1. The van der Waals surface area contributed by atoms with Crippen LogP contribution in [0.4, 0.5) is 0 Å². The molecule has 0 radical (unpaired) electrons. The lowest BCUT2D eigenvalue weighted by atomic mass is 10.2. The third kappa shape index (κ3) is 2.94. The molecule has 5 nitrogen and oxygen atoms in total. The van der Waals surface area contributed by atoms with E-state index in [2.05, 4.69) is 10.4 Å². The maximum atomic E-state index is 10.7. The first-order valence-corrected chi connectivity index (χ1v) is 5.02. The van der Waals surface area contributed by atoms with Gasteiger partial charge >= 0.3 is 5.97 Å². The molecule has 0 aliphatic heterocycles. The van der Waals surface area contributed by atoms with Gasteiger partial charge in [-0.1, -0.05) is 11.6 Å². The number of carbonyl (C=O) groups is 1. The fraction of sp³-hybridized carbons (Fsp3) is 0.556. The highest BCUT2D eigenvalue weighted by Gasteiger charge is 2.15. The van der Waals surface area contributed by atoms with Crippen molar-refractivity contribution in [2.75, 3.05) is 7.05 Å². The lowest BCUT2D eigenvalue weighted by Gasteiger charge is -2.11. The van der Waals surface area contributed by atoms with Crippen molar-refractivity contribution >= 4 is 17.6 Å². The van der Waals surface area contributed by atoms with E-state index < -0.39 is 12.0 Å².